The Bertz CT molecular complexity index is 2070. The van der Waals surface area contributed by atoms with E-state index in [4.69, 9.17) is 31.5 Å². The summed E-state index contributed by atoms with van der Waals surface area (Å²) in [6.07, 6.45) is 0.932. The molecule has 20 heteroatoms. The minimum absolute atomic E-state index is 0.0541. The Labute approximate surface area is 308 Å². The molecule has 2 aliphatic heterocycles. The average molecular weight is 779 g/mol. The molecule has 0 spiro atoms. The zero-order valence-electron chi connectivity index (χ0n) is 28.2. The molecule has 2 aromatic heterocycles. The van der Waals surface area contributed by atoms with Crippen molar-refractivity contribution < 1.29 is 51.3 Å². The maximum absolute atomic E-state index is 15.0. The lowest BCUT2D eigenvalue weighted by Crippen LogP contribution is -2.51. The summed E-state index contributed by atoms with van der Waals surface area (Å²) in [5, 5.41) is 28.6. The minimum atomic E-state index is -5.08. The summed E-state index contributed by atoms with van der Waals surface area (Å²) in [7, 11) is 0. The van der Waals surface area contributed by atoms with Crippen LogP contribution >= 0.6 is 11.6 Å². The Morgan fingerprint density at radius 3 is 2.39 bits per heavy atom. The van der Waals surface area contributed by atoms with E-state index in [2.05, 4.69) is 20.2 Å². The molecule has 1 amide bonds. The molecule has 0 aliphatic carbocycles. The SMILES string of the molecule is N#CCOc1ccc(-c2cnc3c(Nc4ccc(C(=O)N5CCN(CCN6CCC[C@H]6C(=O)O)CC5)c(Cl)c4)nccn23)c(F)c1F.O=C(O)C(F)(F)F. The van der Waals surface area contributed by atoms with Crippen molar-refractivity contribution in [3.63, 3.8) is 0 Å². The fourth-order valence-corrected chi connectivity index (χ4v) is 6.31. The number of hydrogen-bond donors (Lipinski definition) is 3. The first-order chi connectivity index (χ1) is 25.7. The number of fused-ring (bicyclic) bond motifs is 1. The van der Waals surface area contributed by atoms with E-state index in [-0.39, 0.29) is 27.9 Å². The molecule has 14 nitrogen and oxygen atoms in total. The fraction of sp³-hybridized carbons (Fsp3) is 0.353. The first-order valence-electron chi connectivity index (χ1n) is 16.3. The number of alkyl halides is 3. The number of amides is 1. The molecule has 2 fully saturated rings. The molecular weight excluding hydrogens is 747 g/mol. The number of ether oxygens (including phenoxy) is 1. The van der Waals surface area contributed by atoms with Crippen molar-refractivity contribution in [2.75, 3.05) is 57.7 Å². The van der Waals surface area contributed by atoms with Crippen LogP contribution < -0.4 is 10.1 Å². The van der Waals surface area contributed by atoms with Gasteiger partial charge in [0.15, 0.2) is 29.6 Å². The molecule has 286 valence electrons. The number of hydrogen-bond acceptors (Lipinski definition) is 10. The second kappa shape index (κ2) is 17.0. The molecule has 0 unspecified atom stereocenters. The maximum atomic E-state index is 15.0. The van der Waals surface area contributed by atoms with Crippen LogP contribution in [0.15, 0.2) is 48.9 Å². The number of nitrogens with zero attached hydrogens (tertiary/aromatic N) is 7. The molecule has 3 N–H and O–H groups in total. The molecular formula is C34H32ClF5N8O6. The molecule has 2 saturated heterocycles. The van der Waals surface area contributed by atoms with E-state index in [1.165, 1.54) is 24.5 Å². The van der Waals surface area contributed by atoms with Crippen molar-refractivity contribution in [3.05, 3.63) is 71.1 Å². The quantitative estimate of drug-likeness (QED) is 0.186. The normalized spacial score (nSPS) is 16.4. The highest BCUT2D eigenvalue weighted by atomic mass is 35.5. The standard InChI is InChI=1S/C32H31ClF2N8O4.C2HF3O2/c33-23-18-20(3-4-21(23)31(44)42-15-12-40(13-16-42)11-14-41-9-1-2-24(41)32(45)46)39-29-30-38-19-25(43(30)10-8-37-29)22-5-6-26(47-17-7-36)28(35)27(22)34;3-2(4,5)1(6)7/h3-6,8,10,18-19,24H,1-2,9,11-17H2,(H,37,39)(H,45,46);(H,6,7)/t24-;/m0./s1. The monoisotopic (exact) mass is 778 g/mol. The zero-order valence-corrected chi connectivity index (χ0v) is 28.9. The van der Waals surface area contributed by atoms with Gasteiger partial charge in [-0.15, -0.1) is 0 Å². The Morgan fingerprint density at radius 1 is 1.02 bits per heavy atom. The maximum Gasteiger partial charge on any atom is 0.490 e. The Kier molecular flexibility index (Phi) is 12.5. The number of rotatable bonds is 10. The topological polar surface area (TPSA) is 177 Å². The molecule has 0 saturated carbocycles. The van der Waals surface area contributed by atoms with Crippen LogP contribution in [0.25, 0.3) is 16.9 Å². The van der Waals surface area contributed by atoms with Crippen molar-refractivity contribution in [2.45, 2.75) is 25.1 Å². The summed E-state index contributed by atoms with van der Waals surface area (Å²) in [5.41, 5.74) is 1.46. The summed E-state index contributed by atoms with van der Waals surface area (Å²) in [5.74, 6) is -6.09. The van der Waals surface area contributed by atoms with Crippen LogP contribution in [0, 0.1) is 23.0 Å². The molecule has 0 bridgehead atoms. The zero-order chi connectivity index (χ0) is 39.2. The highest BCUT2D eigenvalue weighted by Crippen LogP contribution is 2.32. The molecule has 54 heavy (non-hydrogen) atoms. The number of aliphatic carboxylic acids is 2. The number of imidazole rings is 1. The number of carbonyl (C=O) groups is 3. The van der Waals surface area contributed by atoms with Gasteiger partial charge in [0.2, 0.25) is 5.82 Å². The molecule has 0 radical (unpaired) electrons. The number of nitriles is 1. The van der Waals surface area contributed by atoms with Crippen LogP contribution in [-0.4, -0.2) is 122 Å². The Hall–Kier alpha value is -5.58. The molecule has 6 rings (SSSR count). The van der Waals surface area contributed by atoms with Crippen LogP contribution in [0.2, 0.25) is 5.02 Å². The van der Waals surface area contributed by atoms with Crippen molar-refractivity contribution in [2.24, 2.45) is 0 Å². The van der Waals surface area contributed by atoms with Gasteiger partial charge in [-0.1, -0.05) is 11.6 Å². The van der Waals surface area contributed by atoms with Crippen LogP contribution in [0.1, 0.15) is 23.2 Å². The largest absolute Gasteiger partial charge is 0.490 e. The number of benzene rings is 2. The molecule has 2 aromatic carbocycles. The van der Waals surface area contributed by atoms with E-state index >= 15 is 0 Å². The lowest BCUT2D eigenvalue weighted by molar-refractivity contribution is -0.192. The van der Waals surface area contributed by atoms with Gasteiger partial charge >= 0.3 is 18.1 Å². The number of piperazine rings is 1. The van der Waals surface area contributed by atoms with E-state index in [0.29, 0.717) is 61.9 Å². The highest BCUT2D eigenvalue weighted by Gasteiger charge is 2.38. The highest BCUT2D eigenvalue weighted by molar-refractivity contribution is 6.34. The van der Waals surface area contributed by atoms with Gasteiger partial charge in [-0.3, -0.25) is 23.8 Å². The van der Waals surface area contributed by atoms with E-state index in [9.17, 15) is 36.6 Å². The number of aromatic nitrogens is 3. The van der Waals surface area contributed by atoms with Crippen molar-refractivity contribution in [3.8, 4) is 23.1 Å². The third-order valence-electron chi connectivity index (χ3n) is 8.76. The molecule has 1 atom stereocenters. The predicted molar refractivity (Wildman–Crippen MR) is 182 cm³/mol. The number of likely N-dealkylation sites (tertiary alicyclic amines) is 1. The number of carboxylic acids is 2. The van der Waals surface area contributed by atoms with Gasteiger partial charge in [0.1, 0.15) is 12.1 Å². The summed E-state index contributed by atoms with van der Waals surface area (Å²) in [6.45, 7) is 4.26. The van der Waals surface area contributed by atoms with Crippen LogP contribution in [-0.2, 0) is 9.59 Å². The van der Waals surface area contributed by atoms with Gasteiger partial charge in [0, 0.05) is 62.9 Å². The Balaban J connectivity index is 0.000000730. The van der Waals surface area contributed by atoms with Gasteiger partial charge in [-0.25, -0.2) is 19.2 Å². The molecule has 4 aromatic rings. The third-order valence-corrected chi connectivity index (χ3v) is 9.07. The lowest BCUT2D eigenvalue weighted by atomic mass is 10.1. The fourth-order valence-electron chi connectivity index (χ4n) is 6.05. The average Bonchev–Trinajstić information content (AvgIpc) is 3.80. The molecule has 2 aliphatic rings. The van der Waals surface area contributed by atoms with E-state index < -0.39 is 42.4 Å². The van der Waals surface area contributed by atoms with Crippen molar-refractivity contribution >= 4 is 46.6 Å². The van der Waals surface area contributed by atoms with E-state index in [0.717, 1.165) is 19.5 Å². The van der Waals surface area contributed by atoms with Gasteiger partial charge in [-0.05, 0) is 49.7 Å². The number of carbonyl (C=O) groups excluding carboxylic acids is 1. The van der Waals surface area contributed by atoms with Crippen LogP contribution in [0.4, 0.5) is 33.5 Å². The summed E-state index contributed by atoms with van der Waals surface area (Å²) < 4.78 is 67.8. The number of anilines is 2. The van der Waals surface area contributed by atoms with Gasteiger partial charge in [0.25, 0.3) is 5.91 Å². The first kappa shape index (κ1) is 39.6. The number of nitrogens with one attached hydrogen (secondary N) is 1. The van der Waals surface area contributed by atoms with E-state index in [1.807, 2.05) is 4.90 Å². The third kappa shape index (κ3) is 9.13. The summed E-state index contributed by atoms with van der Waals surface area (Å²) in [4.78, 5) is 48.4. The minimum Gasteiger partial charge on any atom is -0.480 e. The second-order valence-electron chi connectivity index (χ2n) is 12.1. The van der Waals surface area contributed by atoms with Crippen LogP contribution in [0.5, 0.6) is 5.75 Å². The van der Waals surface area contributed by atoms with Crippen molar-refractivity contribution in [1.82, 2.24) is 29.1 Å². The lowest BCUT2D eigenvalue weighted by Gasteiger charge is -2.36. The second-order valence-corrected chi connectivity index (χ2v) is 12.5. The van der Waals surface area contributed by atoms with Gasteiger partial charge in [-0.2, -0.15) is 22.8 Å². The first-order valence-corrected chi connectivity index (χ1v) is 16.7. The Morgan fingerprint density at radius 2 is 1.74 bits per heavy atom. The number of halogens is 6. The van der Waals surface area contributed by atoms with Crippen LogP contribution in [0.3, 0.4) is 0 Å². The number of carboxylic acid groups (broad SMARTS) is 2. The summed E-state index contributed by atoms with van der Waals surface area (Å²) in [6, 6.07) is 8.87. The van der Waals surface area contributed by atoms with Gasteiger partial charge < -0.3 is 25.2 Å². The smallest absolute Gasteiger partial charge is 0.480 e. The van der Waals surface area contributed by atoms with E-state index in [1.54, 1.807) is 39.8 Å². The van der Waals surface area contributed by atoms with Crippen molar-refractivity contribution in [1.29, 1.82) is 5.26 Å². The van der Waals surface area contributed by atoms with Gasteiger partial charge in [0.05, 0.1) is 22.5 Å². The summed E-state index contributed by atoms with van der Waals surface area (Å²) >= 11 is 6.58. The predicted octanol–water partition coefficient (Wildman–Crippen LogP) is 4.91. The molecule has 4 heterocycles.